The number of hydrogen-bond acceptors (Lipinski definition) is 7. The van der Waals surface area contributed by atoms with Crippen LogP contribution in [0.15, 0.2) is 28.6 Å². The lowest BCUT2D eigenvalue weighted by molar-refractivity contribution is -0.115. The molecule has 0 radical (unpaired) electrons. The number of nitrogen functional groups attached to an aromatic ring is 1. The molecule has 8 heteroatoms. The number of aromatic nitrogens is 2. The number of amides is 1. The standard InChI is InChI=1S/C13H17N5OS2/c1-8(20-13-17-16-12(21-13)18(2)3)11(19)15-10-6-4-5-9(14)7-10/h4-8H,14H2,1-3H3,(H,15,19). The summed E-state index contributed by atoms with van der Waals surface area (Å²) < 4.78 is 0.772. The number of nitrogens with one attached hydrogen (secondary N) is 1. The second kappa shape index (κ2) is 6.77. The van der Waals surface area contributed by atoms with Gasteiger partial charge >= 0.3 is 0 Å². The molecule has 1 heterocycles. The Balaban J connectivity index is 1.95. The van der Waals surface area contributed by atoms with Crippen LogP contribution >= 0.6 is 23.1 Å². The van der Waals surface area contributed by atoms with E-state index in [1.54, 1.807) is 24.3 Å². The van der Waals surface area contributed by atoms with E-state index in [1.807, 2.05) is 25.9 Å². The van der Waals surface area contributed by atoms with Crippen molar-refractivity contribution in [2.75, 3.05) is 30.0 Å². The van der Waals surface area contributed by atoms with Crippen LogP contribution in [-0.4, -0.2) is 35.4 Å². The zero-order valence-corrected chi connectivity index (χ0v) is 13.7. The number of hydrogen-bond donors (Lipinski definition) is 2. The molecule has 0 aliphatic heterocycles. The summed E-state index contributed by atoms with van der Waals surface area (Å²) in [6, 6.07) is 7.11. The molecule has 0 spiro atoms. The maximum absolute atomic E-state index is 12.1. The Morgan fingerprint density at radius 3 is 2.81 bits per heavy atom. The molecule has 1 amide bonds. The monoisotopic (exact) mass is 323 g/mol. The van der Waals surface area contributed by atoms with E-state index in [9.17, 15) is 4.79 Å². The van der Waals surface area contributed by atoms with Gasteiger partial charge in [-0.05, 0) is 25.1 Å². The fourth-order valence-electron chi connectivity index (χ4n) is 1.50. The van der Waals surface area contributed by atoms with Crippen molar-refractivity contribution in [3.8, 4) is 0 Å². The third kappa shape index (κ3) is 4.33. The molecule has 112 valence electrons. The lowest BCUT2D eigenvalue weighted by Gasteiger charge is -2.10. The molecule has 1 atom stereocenters. The molecule has 0 saturated heterocycles. The van der Waals surface area contributed by atoms with Crippen LogP contribution in [0.3, 0.4) is 0 Å². The minimum Gasteiger partial charge on any atom is -0.399 e. The van der Waals surface area contributed by atoms with Gasteiger partial charge < -0.3 is 16.0 Å². The number of nitrogens with zero attached hydrogens (tertiary/aromatic N) is 3. The molecule has 0 aliphatic rings. The Kier molecular flexibility index (Phi) is 5.03. The highest BCUT2D eigenvalue weighted by Crippen LogP contribution is 2.30. The van der Waals surface area contributed by atoms with Crippen molar-refractivity contribution in [2.24, 2.45) is 0 Å². The molecule has 0 aliphatic carbocycles. The van der Waals surface area contributed by atoms with Gasteiger partial charge in [0.15, 0.2) is 4.34 Å². The highest BCUT2D eigenvalue weighted by molar-refractivity contribution is 8.02. The Bertz CT molecular complexity index is 629. The predicted octanol–water partition coefficient (Wildman–Crippen LogP) is 2.31. The fourth-order valence-corrected chi connectivity index (χ4v) is 3.40. The number of nitrogens with two attached hydrogens (primary N) is 1. The van der Waals surface area contributed by atoms with E-state index in [1.165, 1.54) is 23.1 Å². The Hall–Kier alpha value is -1.80. The molecule has 6 nitrogen and oxygen atoms in total. The number of benzene rings is 1. The Morgan fingerprint density at radius 2 is 2.19 bits per heavy atom. The average Bonchev–Trinajstić information content (AvgIpc) is 2.87. The van der Waals surface area contributed by atoms with Crippen LogP contribution in [0.4, 0.5) is 16.5 Å². The predicted molar refractivity (Wildman–Crippen MR) is 89.0 cm³/mol. The molecule has 21 heavy (non-hydrogen) atoms. The number of carbonyl (C=O) groups is 1. The summed E-state index contributed by atoms with van der Waals surface area (Å²) in [5, 5.41) is 11.5. The van der Waals surface area contributed by atoms with E-state index in [0.29, 0.717) is 11.4 Å². The minimum absolute atomic E-state index is 0.0906. The molecule has 0 saturated carbocycles. The molecule has 2 rings (SSSR count). The van der Waals surface area contributed by atoms with Crippen molar-refractivity contribution in [2.45, 2.75) is 16.5 Å². The van der Waals surface area contributed by atoms with E-state index in [0.717, 1.165) is 9.47 Å². The molecule has 0 fully saturated rings. The number of anilines is 3. The van der Waals surface area contributed by atoms with Crippen LogP contribution in [0.5, 0.6) is 0 Å². The Morgan fingerprint density at radius 1 is 1.43 bits per heavy atom. The molecule has 2 aromatic rings. The summed E-state index contributed by atoms with van der Waals surface area (Å²) in [4.78, 5) is 14.0. The lowest BCUT2D eigenvalue weighted by atomic mass is 10.3. The summed E-state index contributed by atoms with van der Waals surface area (Å²) in [6.07, 6.45) is 0. The minimum atomic E-state index is -0.269. The van der Waals surface area contributed by atoms with Crippen LogP contribution in [0.25, 0.3) is 0 Å². The van der Waals surface area contributed by atoms with E-state index >= 15 is 0 Å². The summed E-state index contributed by atoms with van der Waals surface area (Å²) in [6.45, 7) is 1.84. The highest BCUT2D eigenvalue weighted by Gasteiger charge is 2.17. The van der Waals surface area contributed by atoms with Crippen molar-refractivity contribution in [3.05, 3.63) is 24.3 Å². The normalized spacial score (nSPS) is 12.0. The quantitative estimate of drug-likeness (QED) is 0.649. The maximum atomic E-state index is 12.1. The van der Waals surface area contributed by atoms with E-state index in [-0.39, 0.29) is 11.2 Å². The first-order valence-electron chi connectivity index (χ1n) is 6.29. The number of rotatable bonds is 5. The van der Waals surface area contributed by atoms with Gasteiger partial charge in [-0.2, -0.15) is 0 Å². The molecule has 1 aromatic heterocycles. The van der Waals surface area contributed by atoms with Gasteiger partial charge in [-0.1, -0.05) is 29.2 Å². The highest BCUT2D eigenvalue weighted by atomic mass is 32.2. The topological polar surface area (TPSA) is 84.1 Å². The smallest absolute Gasteiger partial charge is 0.237 e. The number of thioether (sulfide) groups is 1. The van der Waals surface area contributed by atoms with E-state index in [2.05, 4.69) is 15.5 Å². The zero-order chi connectivity index (χ0) is 15.4. The van der Waals surface area contributed by atoms with Gasteiger partial charge in [0, 0.05) is 25.5 Å². The molecule has 3 N–H and O–H groups in total. The van der Waals surface area contributed by atoms with Gasteiger partial charge in [0.25, 0.3) is 0 Å². The fraction of sp³-hybridized carbons (Fsp3) is 0.308. The van der Waals surface area contributed by atoms with Crippen LogP contribution < -0.4 is 16.0 Å². The third-order valence-corrected chi connectivity index (χ3v) is 4.85. The van der Waals surface area contributed by atoms with Crippen molar-refractivity contribution < 1.29 is 4.79 Å². The zero-order valence-electron chi connectivity index (χ0n) is 12.0. The van der Waals surface area contributed by atoms with Gasteiger partial charge in [0.2, 0.25) is 11.0 Å². The summed E-state index contributed by atoms with van der Waals surface area (Å²) in [5.74, 6) is -0.0906. The largest absolute Gasteiger partial charge is 0.399 e. The van der Waals surface area contributed by atoms with E-state index in [4.69, 9.17) is 5.73 Å². The Labute approximate surface area is 131 Å². The van der Waals surface area contributed by atoms with Crippen molar-refractivity contribution in [1.82, 2.24) is 10.2 Å². The first kappa shape index (κ1) is 15.6. The first-order valence-corrected chi connectivity index (χ1v) is 7.99. The van der Waals surface area contributed by atoms with Gasteiger partial charge in [-0.15, -0.1) is 10.2 Å². The van der Waals surface area contributed by atoms with Gasteiger partial charge in [0.1, 0.15) is 0 Å². The SMILES string of the molecule is CC(Sc1nnc(N(C)C)s1)C(=O)Nc1cccc(N)c1. The molecule has 1 unspecified atom stereocenters. The van der Waals surface area contributed by atoms with Crippen molar-refractivity contribution in [1.29, 1.82) is 0 Å². The second-order valence-corrected chi connectivity index (χ2v) is 7.16. The summed E-state index contributed by atoms with van der Waals surface area (Å²) in [5.41, 5.74) is 7.00. The maximum Gasteiger partial charge on any atom is 0.237 e. The van der Waals surface area contributed by atoms with Crippen LogP contribution in [0, 0.1) is 0 Å². The molecule has 0 bridgehead atoms. The number of carbonyl (C=O) groups excluding carboxylic acids is 1. The van der Waals surface area contributed by atoms with Gasteiger partial charge in [0.05, 0.1) is 5.25 Å². The van der Waals surface area contributed by atoms with Gasteiger partial charge in [-0.25, -0.2) is 0 Å². The lowest BCUT2D eigenvalue weighted by Crippen LogP contribution is -2.22. The molecular formula is C13H17N5OS2. The van der Waals surface area contributed by atoms with Crippen LogP contribution in [0.2, 0.25) is 0 Å². The first-order chi connectivity index (χ1) is 9.95. The van der Waals surface area contributed by atoms with E-state index < -0.39 is 0 Å². The molecule has 1 aromatic carbocycles. The second-order valence-electron chi connectivity index (χ2n) is 4.62. The van der Waals surface area contributed by atoms with Crippen molar-refractivity contribution in [3.63, 3.8) is 0 Å². The third-order valence-electron chi connectivity index (χ3n) is 2.58. The summed E-state index contributed by atoms with van der Waals surface area (Å²) in [7, 11) is 3.82. The van der Waals surface area contributed by atoms with Crippen LogP contribution in [0.1, 0.15) is 6.92 Å². The van der Waals surface area contributed by atoms with Gasteiger partial charge in [-0.3, -0.25) is 4.79 Å². The van der Waals surface area contributed by atoms with Crippen molar-refractivity contribution >= 4 is 45.5 Å². The average molecular weight is 323 g/mol. The van der Waals surface area contributed by atoms with Crippen LogP contribution in [-0.2, 0) is 4.79 Å². The summed E-state index contributed by atoms with van der Waals surface area (Å²) >= 11 is 2.85. The molecular weight excluding hydrogens is 306 g/mol.